The average molecular weight is 402 g/mol. The molecule has 0 saturated carbocycles. The van der Waals surface area contributed by atoms with Gasteiger partial charge in [-0.1, -0.05) is 29.3 Å². The van der Waals surface area contributed by atoms with Crippen molar-refractivity contribution in [3.8, 4) is 0 Å². The summed E-state index contributed by atoms with van der Waals surface area (Å²) in [7, 11) is 0. The first kappa shape index (κ1) is 19.1. The average Bonchev–Trinajstić information content (AvgIpc) is 3.06. The fraction of sp³-hybridized carbons (Fsp3) is 0.529. The van der Waals surface area contributed by atoms with Gasteiger partial charge in [-0.3, -0.25) is 0 Å². The van der Waals surface area contributed by atoms with Crippen molar-refractivity contribution < 1.29 is 19.4 Å². The van der Waals surface area contributed by atoms with E-state index in [1.54, 1.807) is 21.9 Å². The van der Waals surface area contributed by atoms with E-state index in [9.17, 15) is 9.59 Å². The zero-order chi connectivity index (χ0) is 18.7. The number of halogens is 2. The summed E-state index contributed by atoms with van der Waals surface area (Å²) in [6, 6.07) is 5.38. The Hall–Kier alpha value is -1.70. The molecule has 2 N–H and O–H groups in total. The molecular formula is C17H21Cl2N3O4. The predicted molar refractivity (Wildman–Crippen MR) is 98.1 cm³/mol. The summed E-state index contributed by atoms with van der Waals surface area (Å²) in [5, 5.41) is 12.3. The molecule has 2 atom stereocenters. The van der Waals surface area contributed by atoms with Crippen molar-refractivity contribution in [3.05, 3.63) is 33.8 Å². The maximum absolute atomic E-state index is 12.8. The van der Waals surface area contributed by atoms with Crippen LogP contribution in [-0.4, -0.2) is 73.0 Å². The van der Waals surface area contributed by atoms with Crippen molar-refractivity contribution in [1.29, 1.82) is 0 Å². The Morgan fingerprint density at radius 1 is 1.15 bits per heavy atom. The van der Waals surface area contributed by atoms with E-state index in [1.807, 2.05) is 6.07 Å². The van der Waals surface area contributed by atoms with Crippen LogP contribution in [0.4, 0.5) is 9.59 Å². The molecule has 0 bridgehead atoms. The van der Waals surface area contributed by atoms with Gasteiger partial charge in [0.25, 0.3) is 0 Å². The number of morpholine rings is 1. The molecule has 26 heavy (non-hydrogen) atoms. The number of amides is 3. The third kappa shape index (κ3) is 4.34. The first-order chi connectivity index (χ1) is 12.5. The maximum atomic E-state index is 12.8. The van der Waals surface area contributed by atoms with Crippen LogP contribution in [0.2, 0.25) is 10.0 Å². The molecule has 1 aromatic rings. The molecule has 0 aliphatic carbocycles. The highest BCUT2D eigenvalue weighted by Gasteiger charge is 2.38. The van der Waals surface area contributed by atoms with Crippen LogP contribution in [0.15, 0.2) is 18.2 Å². The number of nitrogens with one attached hydrogen (secondary N) is 1. The summed E-state index contributed by atoms with van der Waals surface area (Å²) in [5.74, 6) is -0.0464. The minimum absolute atomic E-state index is 0.0124. The molecule has 3 rings (SSSR count). The smallest absolute Gasteiger partial charge is 0.404 e. The zero-order valence-corrected chi connectivity index (χ0v) is 15.7. The predicted octanol–water partition coefficient (Wildman–Crippen LogP) is 2.73. The van der Waals surface area contributed by atoms with Crippen LogP contribution in [0, 0.1) is 5.92 Å². The van der Waals surface area contributed by atoms with Crippen LogP contribution in [-0.2, 0) is 4.74 Å². The van der Waals surface area contributed by atoms with Gasteiger partial charge in [-0.05, 0) is 17.7 Å². The lowest BCUT2D eigenvalue weighted by Crippen LogP contribution is -2.47. The number of urea groups is 1. The van der Waals surface area contributed by atoms with Gasteiger partial charge in [0.2, 0.25) is 0 Å². The Bertz CT molecular complexity index is 682. The standard InChI is InChI=1S/C17H21Cl2N3O4/c18-14-2-1-11(7-15(14)19)13-10-22(9-12(13)8-20-16(23)24)17(25)21-3-5-26-6-4-21/h1-2,7,12-13,20H,3-6,8-10H2,(H,23,24)/t12-,13-/m1/s1. The summed E-state index contributed by atoms with van der Waals surface area (Å²) in [6.45, 7) is 3.50. The van der Waals surface area contributed by atoms with E-state index >= 15 is 0 Å². The van der Waals surface area contributed by atoms with Gasteiger partial charge in [0.1, 0.15) is 0 Å². The lowest BCUT2D eigenvalue weighted by molar-refractivity contribution is 0.0448. The fourth-order valence-electron chi connectivity index (χ4n) is 3.53. The van der Waals surface area contributed by atoms with Crippen molar-refractivity contribution in [2.24, 2.45) is 5.92 Å². The molecule has 1 aromatic carbocycles. The van der Waals surface area contributed by atoms with Crippen molar-refractivity contribution in [2.75, 3.05) is 45.9 Å². The first-order valence-corrected chi connectivity index (χ1v) is 9.24. The van der Waals surface area contributed by atoms with Gasteiger partial charge in [0, 0.05) is 44.6 Å². The quantitative estimate of drug-likeness (QED) is 0.815. The molecule has 0 unspecified atom stereocenters. The minimum atomic E-state index is -1.07. The topological polar surface area (TPSA) is 82.1 Å². The van der Waals surface area contributed by atoms with Crippen LogP contribution in [0.1, 0.15) is 11.5 Å². The van der Waals surface area contributed by atoms with E-state index in [-0.39, 0.29) is 24.4 Å². The lowest BCUT2D eigenvalue weighted by atomic mass is 9.89. The number of carbonyl (C=O) groups is 2. The fourth-order valence-corrected chi connectivity index (χ4v) is 3.83. The molecule has 2 aliphatic rings. The summed E-state index contributed by atoms with van der Waals surface area (Å²) in [5.41, 5.74) is 0.953. The Morgan fingerprint density at radius 2 is 1.88 bits per heavy atom. The monoisotopic (exact) mass is 401 g/mol. The number of carbonyl (C=O) groups excluding carboxylic acids is 1. The second-order valence-corrected chi connectivity index (χ2v) is 7.33. The van der Waals surface area contributed by atoms with Gasteiger partial charge in [-0.2, -0.15) is 0 Å². The zero-order valence-electron chi connectivity index (χ0n) is 14.2. The molecule has 0 aromatic heterocycles. The van der Waals surface area contributed by atoms with Crippen LogP contribution < -0.4 is 5.32 Å². The van der Waals surface area contributed by atoms with E-state index in [2.05, 4.69) is 5.32 Å². The number of hydrogen-bond donors (Lipinski definition) is 2. The molecule has 0 spiro atoms. The van der Waals surface area contributed by atoms with Crippen molar-refractivity contribution in [3.63, 3.8) is 0 Å². The van der Waals surface area contributed by atoms with Crippen molar-refractivity contribution >= 4 is 35.3 Å². The second kappa shape index (κ2) is 8.33. The molecular weight excluding hydrogens is 381 g/mol. The third-order valence-corrected chi connectivity index (χ3v) is 5.62. The van der Waals surface area contributed by atoms with Crippen molar-refractivity contribution in [2.45, 2.75) is 5.92 Å². The van der Waals surface area contributed by atoms with Gasteiger partial charge in [-0.25, -0.2) is 9.59 Å². The van der Waals surface area contributed by atoms with Gasteiger partial charge < -0.3 is 25.0 Å². The number of carboxylic acid groups (broad SMARTS) is 1. The maximum Gasteiger partial charge on any atom is 0.404 e. The van der Waals surface area contributed by atoms with E-state index in [0.717, 1.165) is 5.56 Å². The van der Waals surface area contributed by atoms with E-state index in [4.69, 9.17) is 33.0 Å². The SMILES string of the molecule is O=C(O)NC[C@@H]1CN(C(=O)N2CCOCC2)C[C@@H]1c1ccc(Cl)c(Cl)c1. The summed E-state index contributed by atoms with van der Waals surface area (Å²) in [4.78, 5) is 27.3. The second-order valence-electron chi connectivity index (χ2n) is 6.51. The molecule has 2 saturated heterocycles. The molecule has 9 heteroatoms. The molecule has 3 amide bonds. The van der Waals surface area contributed by atoms with E-state index in [1.165, 1.54) is 0 Å². The van der Waals surface area contributed by atoms with Gasteiger partial charge in [-0.15, -0.1) is 0 Å². The molecule has 142 valence electrons. The molecule has 7 nitrogen and oxygen atoms in total. The minimum Gasteiger partial charge on any atom is -0.465 e. The molecule has 2 aliphatic heterocycles. The summed E-state index contributed by atoms with van der Waals surface area (Å²) in [6.07, 6.45) is -1.07. The number of benzene rings is 1. The first-order valence-electron chi connectivity index (χ1n) is 8.49. The van der Waals surface area contributed by atoms with Gasteiger partial charge in [0.15, 0.2) is 0 Å². The van der Waals surface area contributed by atoms with Crippen LogP contribution in [0.3, 0.4) is 0 Å². The number of ether oxygens (including phenoxy) is 1. The highest BCUT2D eigenvalue weighted by molar-refractivity contribution is 6.42. The Labute approximate surface area is 161 Å². The molecule has 0 radical (unpaired) electrons. The van der Waals surface area contributed by atoms with Gasteiger partial charge >= 0.3 is 12.1 Å². The highest BCUT2D eigenvalue weighted by Crippen LogP contribution is 2.35. The number of hydrogen-bond acceptors (Lipinski definition) is 3. The summed E-state index contributed by atoms with van der Waals surface area (Å²) < 4.78 is 5.30. The Kier molecular flexibility index (Phi) is 6.11. The number of likely N-dealkylation sites (tertiary alicyclic amines) is 1. The third-order valence-electron chi connectivity index (χ3n) is 4.88. The van der Waals surface area contributed by atoms with Crippen LogP contribution in [0.5, 0.6) is 0 Å². The summed E-state index contributed by atoms with van der Waals surface area (Å²) >= 11 is 12.1. The highest BCUT2D eigenvalue weighted by atomic mass is 35.5. The lowest BCUT2D eigenvalue weighted by Gasteiger charge is -2.31. The Morgan fingerprint density at radius 3 is 2.54 bits per heavy atom. The molecule has 2 fully saturated rings. The van der Waals surface area contributed by atoms with Crippen molar-refractivity contribution in [1.82, 2.24) is 15.1 Å². The number of rotatable bonds is 3. The largest absolute Gasteiger partial charge is 0.465 e. The van der Waals surface area contributed by atoms with E-state index in [0.29, 0.717) is 49.4 Å². The normalized spacial score (nSPS) is 23.2. The molecule has 2 heterocycles. The van der Waals surface area contributed by atoms with Gasteiger partial charge in [0.05, 0.1) is 23.3 Å². The van der Waals surface area contributed by atoms with E-state index < -0.39 is 6.09 Å². The van der Waals surface area contributed by atoms with Crippen LogP contribution >= 0.6 is 23.2 Å². The van der Waals surface area contributed by atoms with Crippen LogP contribution in [0.25, 0.3) is 0 Å². The number of nitrogens with zero attached hydrogens (tertiary/aromatic N) is 2. The Balaban J connectivity index is 1.76.